The van der Waals surface area contributed by atoms with Crippen LogP contribution in [0.3, 0.4) is 0 Å². The van der Waals surface area contributed by atoms with Gasteiger partial charge in [0.2, 0.25) is 10.0 Å². The molecule has 7 heteroatoms. The smallest absolute Gasteiger partial charge is 0.238 e. The molecular weight excluding hydrogens is 315 g/mol. The Morgan fingerprint density at radius 1 is 1.29 bits per heavy atom. The summed E-state index contributed by atoms with van der Waals surface area (Å²) < 4.78 is 36.0. The van der Waals surface area contributed by atoms with E-state index in [4.69, 9.17) is 16.7 Å². The average Bonchev–Trinajstić information content (AvgIpc) is 2.40. The fourth-order valence-electron chi connectivity index (χ4n) is 1.96. The summed E-state index contributed by atoms with van der Waals surface area (Å²) >= 11 is 5.71. The van der Waals surface area contributed by atoms with Crippen LogP contribution in [0.5, 0.6) is 0 Å². The molecule has 4 nitrogen and oxygen atoms in total. The Hall–Kier alpha value is -1.63. The summed E-state index contributed by atoms with van der Waals surface area (Å²) in [7, 11) is -3.76. The molecule has 2 aromatic carbocycles. The Kier molecular flexibility index (Phi) is 4.51. The van der Waals surface area contributed by atoms with Crippen LogP contribution in [0.2, 0.25) is 5.02 Å². The Morgan fingerprint density at radius 3 is 2.62 bits per heavy atom. The number of sulfonamides is 1. The summed E-state index contributed by atoms with van der Waals surface area (Å²) in [6.07, 6.45) is 0. The van der Waals surface area contributed by atoms with Crippen LogP contribution in [-0.4, -0.2) is 8.42 Å². The highest BCUT2D eigenvalue weighted by molar-refractivity contribution is 7.89. The normalized spacial score (nSPS) is 11.4. The van der Waals surface area contributed by atoms with Gasteiger partial charge >= 0.3 is 0 Å². The van der Waals surface area contributed by atoms with E-state index in [0.29, 0.717) is 17.8 Å². The largest absolute Gasteiger partial charge is 0.381 e. The lowest BCUT2D eigenvalue weighted by Crippen LogP contribution is -2.14. The SMILES string of the molecule is Cc1c(NCc2ccc(F)c(Cl)c2)cccc1S(N)(=O)=O. The molecule has 0 fully saturated rings. The maximum atomic E-state index is 13.1. The second-order valence-corrected chi connectivity index (χ2v) is 6.51. The van der Waals surface area contributed by atoms with E-state index >= 15 is 0 Å². The molecule has 0 aliphatic carbocycles. The van der Waals surface area contributed by atoms with Crippen LogP contribution in [0, 0.1) is 12.7 Å². The molecule has 2 aromatic rings. The first-order valence-electron chi connectivity index (χ1n) is 6.09. The van der Waals surface area contributed by atoms with Gasteiger partial charge in [-0.2, -0.15) is 0 Å². The van der Waals surface area contributed by atoms with Gasteiger partial charge < -0.3 is 5.32 Å². The third kappa shape index (κ3) is 3.72. The van der Waals surface area contributed by atoms with Crippen LogP contribution in [-0.2, 0) is 16.6 Å². The lowest BCUT2D eigenvalue weighted by Gasteiger charge is -2.12. The van der Waals surface area contributed by atoms with Gasteiger partial charge in [0.25, 0.3) is 0 Å². The van der Waals surface area contributed by atoms with Gasteiger partial charge in [-0.3, -0.25) is 0 Å². The molecule has 0 saturated heterocycles. The van der Waals surface area contributed by atoms with Crippen molar-refractivity contribution in [3.63, 3.8) is 0 Å². The molecule has 0 aliphatic rings. The van der Waals surface area contributed by atoms with Crippen molar-refractivity contribution in [1.82, 2.24) is 0 Å². The second-order valence-electron chi connectivity index (χ2n) is 4.58. The van der Waals surface area contributed by atoms with Crippen molar-refractivity contribution in [2.24, 2.45) is 5.14 Å². The van der Waals surface area contributed by atoms with E-state index in [1.165, 1.54) is 18.2 Å². The topological polar surface area (TPSA) is 72.2 Å². The summed E-state index contributed by atoms with van der Waals surface area (Å²) in [4.78, 5) is 0.0737. The van der Waals surface area contributed by atoms with Crippen molar-refractivity contribution >= 4 is 27.3 Å². The maximum Gasteiger partial charge on any atom is 0.238 e. The van der Waals surface area contributed by atoms with Gasteiger partial charge in [-0.25, -0.2) is 17.9 Å². The highest BCUT2D eigenvalue weighted by Crippen LogP contribution is 2.23. The van der Waals surface area contributed by atoms with Crippen LogP contribution in [0.4, 0.5) is 10.1 Å². The van der Waals surface area contributed by atoms with Crippen molar-refractivity contribution in [1.29, 1.82) is 0 Å². The molecule has 0 amide bonds. The molecule has 0 bridgehead atoms. The molecule has 0 saturated carbocycles. The van der Waals surface area contributed by atoms with Crippen molar-refractivity contribution in [3.8, 4) is 0 Å². The predicted molar refractivity (Wildman–Crippen MR) is 81.3 cm³/mol. The minimum absolute atomic E-state index is 0.0457. The third-order valence-electron chi connectivity index (χ3n) is 3.06. The zero-order chi connectivity index (χ0) is 15.6. The number of hydrogen-bond acceptors (Lipinski definition) is 3. The monoisotopic (exact) mass is 328 g/mol. The minimum Gasteiger partial charge on any atom is -0.381 e. The first-order chi connectivity index (χ1) is 9.79. The molecular formula is C14H14ClFN2O2S. The van der Waals surface area contributed by atoms with Gasteiger partial charge in [0.05, 0.1) is 9.92 Å². The summed E-state index contributed by atoms with van der Waals surface area (Å²) in [5.41, 5.74) is 1.96. The van der Waals surface area contributed by atoms with Crippen molar-refractivity contribution in [2.75, 3.05) is 5.32 Å². The first kappa shape index (κ1) is 15.8. The molecule has 0 atom stereocenters. The third-order valence-corrected chi connectivity index (χ3v) is 4.40. The first-order valence-corrected chi connectivity index (χ1v) is 8.01. The number of halogens is 2. The summed E-state index contributed by atoms with van der Waals surface area (Å²) in [5.74, 6) is -0.479. The van der Waals surface area contributed by atoms with Crippen molar-refractivity contribution in [2.45, 2.75) is 18.4 Å². The van der Waals surface area contributed by atoms with Gasteiger partial charge in [-0.1, -0.05) is 23.7 Å². The number of anilines is 1. The van der Waals surface area contributed by atoms with Gasteiger partial charge in [-0.05, 0) is 42.3 Å². The van der Waals surface area contributed by atoms with Gasteiger partial charge in [-0.15, -0.1) is 0 Å². The van der Waals surface area contributed by atoms with Crippen LogP contribution in [0.15, 0.2) is 41.3 Å². The molecule has 0 spiro atoms. The number of hydrogen-bond donors (Lipinski definition) is 2. The van der Waals surface area contributed by atoms with Crippen LogP contribution in [0.25, 0.3) is 0 Å². The predicted octanol–water partition coefficient (Wildman–Crippen LogP) is 3.05. The molecule has 3 N–H and O–H groups in total. The lowest BCUT2D eigenvalue weighted by molar-refractivity contribution is 0.597. The van der Waals surface area contributed by atoms with Crippen LogP contribution < -0.4 is 10.5 Å². The van der Waals surface area contributed by atoms with Crippen molar-refractivity contribution < 1.29 is 12.8 Å². The van der Waals surface area contributed by atoms with Crippen LogP contribution >= 0.6 is 11.6 Å². The number of benzene rings is 2. The van der Waals surface area contributed by atoms with E-state index in [0.717, 1.165) is 5.56 Å². The highest BCUT2D eigenvalue weighted by atomic mass is 35.5. The van der Waals surface area contributed by atoms with Gasteiger partial charge in [0, 0.05) is 12.2 Å². The zero-order valence-corrected chi connectivity index (χ0v) is 12.8. The quantitative estimate of drug-likeness (QED) is 0.906. The number of nitrogens with one attached hydrogen (secondary N) is 1. The molecule has 2 rings (SSSR count). The standard InChI is InChI=1S/C14H14ClFN2O2S/c1-9-13(3-2-4-14(9)21(17,19)20)18-8-10-5-6-12(16)11(15)7-10/h2-7,18H,8H2,1H3,(H2,17,19,20). The van der Waals surface area contributed by atoms with E-state index in [-0.39, 0.29) is 9.92 Å². The molecule has 21 heavy (non-hydrogen) atoms. The zero-order valence-electron chi connectivity index (χ0n) is 11.2. The molecule has 112 valence electrons. The van der Waals surface area contributed by atoms with E-state index in [1.807, 2.05) is 0 Å². The van der Waals surface area contributed by atoms with Crippen molar-refractivity contribution in [3.05, 3.63) is 58.4 Å². The Bertz CT molecular complexity index is 779. The fraction of sp³-hybridized carbons (Fsp3) is 0.143. The molecule has 0 heterocycles. The van der Waals surface area contributed by atoms with Gasteiger partial charge in [0.15, 0.2) is 0 Å². The van der Waals surface area contributed by atoms with Gasteiger partial charge in [0.1, 0.15) is 5.82 Å². The lowest BCUT2D eigenvalue weighted by atomic mass is 10.1. The highest BCUT2D eigenvalue weighted by Gasteiger charge is 2.13. The Labute approximate surface area is 127 Å². The number of nitrogens with two attached hydrogens (primary N) is 1. The Balaban J connectivity index is 2.23. The van der Waals surface area contributed by atoms with Crippen LogP contribution in [0.1, 0.15) is 11.1 Å². The van der Waals surface area contributed by atoms with E-state index in [2.05, 4.69) is 5.32 Å². The number of rotatable bonds is 4. The molecule has 0 aromatic heterocycles. The van der Waals surface area contributed by atoms with E-state index < -0.39 is 15.8 Å². The second kappa shape index (κ2) is 6.01. The minimum atomic E-state index is -3.76. The summed E-state index contributed by atoms with van der Waals surface area (Å²) in [5, 5.41) is 8.29. The summed E-state index contributed by atoms with van der Waals surface area (Å²) in [6.45, 7) is 2.05. The average molecular weight is 329 g/mol. The molecule has 0 unspecified atom stereocenters. The molecule has 0 radical (unpaired) electrons. The van der Waals surface area contributed by atoms with E-state index in [9.17, 15) is 12.8 Å². The number of primary sulfonamides is 1. The molecule has 0 aliphatic heterocycles. The maximum absolute atomic E-state index is 13.1. The summed E-state index contributed by atoms with van der Waals surface area (Å²) in [6, 6.07) is 9.20. The van der Waals surface area contributed by atoms with E-state index in [1.54, 1.807) is 25.1 Å². The fourth-order valence-corrected chi connectivity index (χ4v) is 2.97. The Morgan fingerprint density at radius 2 is 2.00 bits per heavy atom.